The molecule has 3 aliphatic rings. The molecule has 0 bridgehead atoms. The van der Waals surface area contributed by atoms with E-state index in [0.717, 1.165) is 24.2 Å². The largest absolute Gasteiger partial charge is 0.462 e. The second-order valence-electron chi connectivity index (χ2n) is 7.04. The Morgan fingerprint density at radius 2 is 2.23 bits per heavy atom. The number of hydrogen-bond donors (Lipinski definition) is 4. The molecule has 0 spiro atoms. The molecule has 2 amide bonds. The summed E-state index contributed by atoms with van der Waals surface area (Å²) in [6, 6.07) is -0.746. The quantitative estimate of drug-likeness (QED) is 0.483. The van der Waals surface area contributed by atoms with Crippen molar-refractivity contribution in [2.24, 2.45) is 11.7 Å². The van der Waals surface area contributed by atoms with Crippen LogP contribution >= 0.6 is 0 Å². The third-order valence-electron chi connectivity index (χ3n) is 5.24. The molecule has 0 radical (unpaired) electrons. The van der Waals surface area contributed by atoms with Gasteiger partial charge in [0.15, 0.2) is 6.23 Å². The van der Waals surface area contributed by atoms with Crippen LogP contribution in [0.1, 0.15) is 26.2 Å². The minimum Gasteiger partial charge on any atom is -0.462 e. The number of nitrogens with zero attached hydrogens (tertiary/aromatic N) is 1. The maximum Gasteiger partial charge on any atom is 0.351 e. The molecular weight excluding hydrogens is 342 g/mol. The van der Waals surface area contributed by atoms with Crippen molar-refractivity contribution in [1.29, 1.82) is 0 Å². The number of esters is 1. The first-order chi connectivity index (χ1) is 12.3. The average molecular weight is 367 g/mol. The van der Waals surface area contributed by atoms with Crippen molar-refractivity contribution < 1.29 is 29.3 Å². The van der Waals surface area contributed by atoms with Crippen molar-refractivity contribution in [3.8, 4) is 0 Å². The molecule has 0 aromatic carbocycles. The summed E-state index contributed by atoms with van der Waals surface area (Å²) in [7, 11) is 0. The highest BCUT2D eigenvalue weighted by Crippen LogP contribution is 2.30. The molecule has 0 aromatic heterocycles. The molecule has 1 aliphatic carbocycles. The molecule has 0 aromatic rings. The van der Waals surface area contributed by atoms with Gasteiger partial charge in [0.25, 0.3) is 0 Å². The van der Waals surface area contributed by atoms with Crippen LogP contribution in [0.3, 0.4) is 0 Å². The van der Waals surface area contributed by atoms with Gasteiger partial charge in [-0.05, 0) is 25.7 Å². The normalized spacial score (nSPS) is 37.6. The van der Waals surface area contributed by atoms with Crippen molar-refractivity contribution in [1.82, 2.24) is 10.2 Å². The van der Waals surface area contributed by atoms with E-state index in [9.17, 15) is 19.8 Å². The van der Waals surface area contributed by atoms with E-state index in [2.05, 4.69) is 11.9 Å². The molecule has 2 fully saturated rings. The van der Waals surface area contributed by atoms with Crippen molar-refractivity contribution in [2.75, 3.05) is 6.61 Å². The zero-order valence-corrected chi connectivity index (χ0v) is 14.6. The highest BCUT2D eigenvalue weighted by molar-refractivity contribution is 5.93. The van der Waals surface area contributed by atoms with Gasteiger partial charge in [-0.1, -0.05) is 19.1 Å². The summed E-state index contributed by atoms with van der Waals surface area (Å²) < 4.78 is 10.7. The Kier molecular flexibility index (Phi) is 5.07. The standard InChI is InChI=1S/C17H25N3O6/c1-3-11-7-20(14-13(22)12(21)9(2)26-14)16(24)19-17(11,18)15(23)25-8-10-5-4-6-10/h3,7,9-10,12-14,21-22H,1,4-6,8,18H2,2H3,(H,19,24)/t9-,12-,13-,14-,17?/m1/s1. The van der Waals surface area contributed by atoms with Crippen molar-refractivity contribution >= 4 is 12.0 Å². The smallest absolute Gasteiger partial charge is 0.351 e. The number of ether oxygens (including phenoxy) is 2. The Balaban J connectivity index is 1.78. The zero-order valence-electron chi connectivity index (χ0n) is 14.6. The Hall–Kier alpha value is -1.94. The summed E-state index contributed by atoms with van der Waals surface area (Å²) >= 11 is 0. The summed E-state index contributed by atoms with van der Waals surface area (Å²) in [5, 5.41) is 22.4. The first-order valence-corrected chi connectivity index (χ1v) is 8.71. The number of nitrogens with two attached hydrogens (primary N) is 1. The number of rotatable bonds is 5. The SMILES string of the molecule is C=CC1=CN([C@@H]2O[C@H](C)[C@@H](O)[C@H]2O)C(=O)NC1(N)C(=O)OCC1CCC1. The van der Waals surface area contributed by atoms with E-state index in [1.807, 2.05) is 0 Å². The van der Waals surface area contributed by atoms with E-state index in [0.29, 0.717) is 5.92 Å². The Labute approximate surface area is 151 Å². The molecule has 1 saturated heterocycles. The second kappa shape index (κ2) is 6.99. The fourth-order valence-electron chi connectivity index (χ4n) is 3.21. The van der Waals surface area contributed by atoms with Crippen LogP contribution in [-0.2, 0) is 14.3 Å². The number of aliphatic hydroxyl groups is 2. The van der Waals surface area contributed by atoms with Crippen LogP contribution in [-0.4, -0.2) is 63.9 Å². The predicted octanol–water partition coefficient (Wildman–Crippen LogP) is -0.454. The Bertz CT molecular complexity index is 634. The van der Waals surface area contributed by atoms with Crippen LogP contribution in [0.15, 0.2) is 24.4 Å². The Morgan fingerprint density at radius 1 is 1.54 bits per heavy atom. The van der Waals surface area contributed by atoms with Gasteiger partial charge in [0.05, 0.1) is 12.7 Å². The zero-order chi connectivity index (χ0) is 19.1. The number of amides is 2. The monoisotopic (exact) mass is 367 g/mol. The first-order valence-electron chi connectivity index (χ1n) is 8.71. The number of nitrogens with one attached hydrogen (secondary N) is 1. The third kappa shape index (κ3) is 3.11. The topological polar surface area (TPSA) is 134 Å². The molecule has 1 saturated carbocycles. The van der Waals surface area contributed by atoms with Crippen LogP contribution in [0.4, 0.5) is 4.79 Å². The van der Waals surface area contributed by atoms with Gasteiger partial charge in [-0.25, -0.2) is 9.59 Å². The van der Waals surface area contributed by atoms with E-state index in [1.165, 1.54) is 12.3 Å². The molecule has 5 atom stereocenters. The Morgan fingerprint density at radius 3 is 2.73 bits per heavy atom. The van der Waals surface area contributed by atoms with Crippen molar-refractivity contribution in [3.05, 3.63) is 24.4 Å². The van der Waals surface area contributed by atoms with Crippen molar-refractivity contribution in [3.63, 3.8) is 0 Å². The molecule has 9 nitrogen and oxygen atoms in total. The molecule has 26 heavy (non-hydrogen) atoms. The van der Waals surface area contributed by atoms with Gasteiger partial charge < -0.3 is 25.0 Å². The lowest BCUT2D eigenvalue weighted by atomic mass is 9.86. The van der Waals surface area contributed by atoms with Crippen LogP contribution in [0.5, 0.6) is 0 Å². The first kappa shape index (κ1) is 18.8. The number of carbonyl (C=O) groups is 2. The average Bonchev–Trinajstić information content (AvgIpc) is 2.81. The maximum atomic E-state index is 12.5. The molecule has 2 aliphatic heterocycles. The van der Waals surface area contributed by atoms with Crippen LogP contribution in [0, 0.1) is 5.92 Å². The second-order valence-corrected chi connectivity index (χ2v) is 7.04. The summed E-state index contributed by atoms with van der Waals surface area (Å²) in [4.78, 5) is 26.0. The van der Waals surface area contributed by atoms with Gasteiger partial charge in [0.2, 0.25) is 5.66 Å². The lowest BCUT2D eigenvalue weighted by molar-refractivity contribution is -0.152. The molecule has 9 heteroatoms. The lowest BCUT2D eigenvalue weighted by Crippen LogP contribution is -2.69. The fourth-order valence-corrected chi connectivity index (χ4v) is 3.21. The minimum atomic E-state index is -1.87. The summed E-state index contributed by atoms with van der Waals surface area (Å²) in [6.45, 7) is 5.48. The number of carbonyl (C=O) groups excluding carboxylic acids is 2. The van der Waals surface area contributed by atoms with Crippen LogP contribution in [0.2, 0.25) is 0 Å². The molecule has 1 unspecified atom stereocenters. The third-order valence-corrected chi connectivity index (χ3v) is 5.24. The number of hydrogen-bond acceptors (Lipinski definition) is 7. The summed E-state index contributed by atoms with van der Waals surface area (Å²) in [5.41, 5.74) is 4.44. The van der Waals surface area contributed by atoms with Gasteiger partial charge in [-0.15, -0.1) is 0 Å². The van der Waals surface area contributed by atoms with Crippen LogP contribution in [0.25, 0.3) is 0 Å². The molecular formula is C17H25N3O6. The van der Waals surface area contributed by atoms with E-state index in [4.69, 9.17) is 15.2 Å². The molecule has 144 valence electrons. The number of urea groups is 1. The van der Waals surface area contributed by atoms with Crippen molar-refractivity contribution in [2.45, 2.75) is 56.4 Å². The van der Waals surface area contributed by atoms with Gasteiger partial charge in [-0.3, -0.25) is 10.6 Å². The molecule has 2 heterocycles. The number of aliphatic hydroxyl groups excluding tert-OH is 2. The fraction of sp³-hybridized carbons (Fsp3) is 0.647. The molecule has 5 N–H and O–H groups in total. The van der Waals surface area contributed by atoms with Gasteiger partial charge in [0, 0.05) is 11.8 Å². The van der Waals surface area contributed by atoms with Gasteiger partial charge >= 0.3 is 12.0 Å². The van der Waals surface area contributed by atoms with E-state index in [-0.39, 0.29) is 12.2 Å². The maximum absolute atomic E-state index is 12.5. The highest BCUT2D eigenvalue weighted by Gasteiger charge is 2.50. The van der Waals surface area contributed by atoms with E-state index >= 15 is 0 Å². The summed E-state index contributed by atoms with van der Waals surface area (Å²) in [6.07, 6.45) is 1.56. The molecule has 3 rings (SSSR count). The highest BCUT2D eigenvalue weighted by atomic mass is 16.6. The van der Waals surface area contributed by atoms with Crippen LogP contribution < -0.4 is 11.1 Å². The van der Waals surface area contributed by atoms with Gasteiger partial charge in [0.1, 0.15) is 12.2 Å². The van der Waals surface area contributed by atoms with E-state index in [1.54, 1.807) is 6.92 Å². The minimum absolute atomic E-state index is 0.195. The lowest BCUT2D eigenvalue weighted by Gasteiger charge is -2.39. The predicted molar refractivity (Wildman–Crippen MR) is 90.2 cm³/mol. The summed E-state index contributed by atoms with van der Waals surface area (Å²) in [5.74, 6) is -0.440. The van der Waals surface area contributed by atoms with Gasteiger partial charge in [-0.2, -0.15) is 0 Å². The van der Waals surface area contributed by atoms with E-state index < -0.39 is 42.2 Å².